The Kier molecular flexibility index (Phi) is 4.33. The van der Waals surface area contributed by atoms with Crippen LogP contribution in [0, 0.1) is 0 Å². The summed E-state index contributed by atoms with van der Waals surface area (Å²) in [6, 6.07) is 0. The third kappa shape index (κ3) is 4.58. The van der Waals surface area contributed by atoms with E-state index in [0.29, 0.717) is 0 Å². The molecule has 0 saturated carbocycles. The molecule has 0 aliphatic rings. The summed E-state index contributed by atoms with van der Waals surface area (Å²) in [6.45, 7) is 10.6. The number of halogens is 1. The molecule has 1 atom stereocenters. The van der Waals surface area contributed by atoms with Crippen molar-refractivity contribution in [2.24, 2.45) is 0 Å². The van der Waals surface area contributed by atoms with E-state index in [9.17, 15) is 4.39 Å². The van der Waals surface area contributed by atoms with Crippen molar-refractivity contribution in [3.05, 3.63) is 0 Å². The third-order valence-electron chi connectivity index (χ3n) is 2.29. The lowest BCUT2D eigenvalue weighted by molar-refractivity contribution is -0.408. The first-order valence-corrected chi connectivity index (χ1v) is 4.72. The zero-order valence-electron chi connectivity index (χ0n) is 9.48. The van der Waals surface area contributed by atoms with E-state index in [1.165, 1.54) is 6.92 Å². The molecule has 80 valence electrons. The van der Waals surface area contributed by atoms with Gasteiger partial charge in [-0.25, -0.2) is 14.2 Å². The zero-order chi connectivity index (χ0) is 10.7. The van der Waals surface area contributed by atoms with E-state index in [-0.39, 0.29) is 5.60 Å². The first kappa shape index (κ1) is 12.8. The fourth-order valence-electron chi connectivity index (χ4n) is 0.345. The first-order chi connectivity index (χ1) is 5.71. The average molecular weight is 192 g/mol. The van der Waals surface area contributed by atoms with Crippen LogP contribution in [-0.2, 0) is 9.78 Å². The van der Waals surface area contributed by atoms with Crippen LogP contribution >= 0.6 is 0 Å². The van der Waals surface area contributed by atoms with Gasteiger partial charge in [-0.1, -0.05) is 6.92 Å². The molecule has 0 amide bonds. The normalized spacial score (nSPS) is 15.9. The third-order valence-corrected chi connectivity index (χ3v) is 2.29. The Morgan fingerprint density at radius 2 is 1.62 bits per heavy atom. The van der Waals surface area contributed by atoms with Gasteiger partial charge in [0.25, 0.3) is 0 Å². The molecule has 0 fully saturated rings. The molecule has 0 aliphatic heterocycles. The van der Waals surface area contributed by atoms with Crippen molar-refractivity contribution < 1.29 is 14.2 Å². The molecule has 2 nitrogen and oxygen atoms in total. The molecule has 0 bridgehead atoms. The van der Waals surface area contributed by atoms with E-state index >= 15 is 0 Å². The van der Waals surface area contributed by atoms with Gasteiger partial charge in [-0.05, 0) is 41.0 Å². The Labute approximate surface area is 80.3 Å². The van der Waals surface area contributed by atoms with Crippen LogP contribution in [0.15, 0.2) is 0 Å². The van der Waals surface area contributed by atoms with Crippen LogP contribution in [0.1, 0.15) is 48.0 Å². The molecule has 3 heteroatoms. The minimum Gasteiger partial charge on any atom is -0.245 e. The second kappa shape index (κ2) is 4.38. The smallest absolute Gasteiger partial charge is 0.129 e. The van der Waals surface area contributed by atoms with Crippen LogP contribution in [0.2, 0.25) is 0 Å². The van der Waals surface area contributed by atoms with Gasteiger partial charge in [0, 0.05) is 0 Å². The Morgan fingerprint density at radius 1 is 1.15 bits per heavy atom. The summed E-state index contributed by atoms with van der Waals surface area (Å²) in [4.78, 5) is 10.2. The Bertz CT molecular complexity index is 153. The lowest BCUT2D eigenvalue weighted by Gasteiger charge is -2.30. The van der Waals surface area contributed by atoms with E-state index < -0.39 is 11.8 Å². The highest BCUT2D eigenvalue weighted by atomic mass is 19.1. The van der Waals surface area contributed by atoms with E-state index in [4.69, 9.17) is 9.78 Å². The van der Waals surface area contributed by atoms with Gasteiger partial charge < -0.3 is 0 Å². The highest BCUT2D eigenvalue weighted by Gasteiger charge is 2.31. The van der Waals surface area contributed by atoms with Crippen molar-refractivity contribution in [2.45, 2.75) is 65.3 Å². The van der Waals surface area contributed by atoms with Crippen molar-refractivity contribution in [2.75, 3.05) is 0 Å². The summed E-state index contributed by atoms with van der Waals surface area (Å²) in [6.07, 6.45) is -0.232. The largest absolute Gasteiger partial charge is 0.245 e. The minimum atomic E-state index is -1.06. The molecule has 0 rings (SSSR count). The predicted octanol–water partition coefficient (Wildman–Crippen LogP) is 3.26. The van der Waals surface area contributed by atoms with Crippen LogP contribution in [0.25, 0.3) is 0 Å². The molecule has 0 spiro atoms. The Balaban J connectivity index is 4.02. The lowest BCUT2D eigenvalue weighted by Crippen LogP contribution is -2.38. The molecule has 0 N–H and O–H groups in total. The Morgan fingerprint density at radius 3 is 1.92 bits per heavy atom. The van der Waals surface area contributed by atoms with Crippen LogP contribution < -0.4 is 0 Å². The van der Waals surface area contributed by atoms with E-state index in [1.54, 1.807) is 13.8 Å². The lowest BCUT2D eigenvalue weighted by atomic mass is 10.1. The van der Waals surface area contributed by atoms with Crippen molar-refractivity contribution in [3.63, 3.8) is 0 Å². The maximum absolute atomic E-state index is 13.0. The van der Waals surface area contributed by atoms with Gasteiger partial charge in [-0.2, -0.15) is 0 Å². The van der Waals surface area contributed by atoms with Gasteiger partial charge in [0.05, 0.1) is 5.60 Å². The summed E-state index contributed by atoms with van der Waals surface area (Å²) in [5, 5.41) is 0. The number of alkyl halides is 1. The molecular weight excluding hydrogens is 171 g/mol. The van der Waals surface area contributed by atoms with Gasteiger partial charge in [0.2, 0.25) is 0 Å². The maximum Gasteiger partial charge on any atom is 0.129 e. The summed E-state index contributed by atoms with van der Waals surface area (Å²) < 4.78 is 13.0. The fourth-order valence-corrected chi connectivity index (χ4v) is 0.345. The van der Waals surface area contributed by atoms with Crippen LogP contribution in [-0.4, -0.2) is 17.4 Å². The van der Waals surface area contributed by atoms with Crippen molar-refractivity contribution in [1.29, 1.82) is 0 Å². The quantitative estimate of drug-likeness (QED) is 0.491. The van der Waals surface area contributed by atoms with E-state index in [2.05, 4.69) is 0 Å². The Hall–Kier alpha value is -0.150. The molecule has 0 aromatic carbocycles. The summed E-state index contributed by atoms with van der Waals surface area (Å²) in [5.41, 5.74) is -1.24. The van der Waals surface area contributed by atoms with Crippen LogP contribution in [0.4, 0.5) is 4.39 Å². The van der Waals surface area contributed by atoms with Crippen LogP contribution in [0.3, 0.4) is 0 Å². The van der Waals surface area contributed by atoms with Crippen molar-refractivity contribution >= 4 is 0 Å². The molecule has 13 heavy (non-hydrogen) atoms. The predicted molar refractivity (Wildman–Crippen MR) is 51.2 cm³/mol. The van der Waals surface area contributed by atoms with E-state index in [0.717, 1.165) is 6.42 Å². The molecule has 0 aliphatic carbocycles. The number of hydrogen-bond donors (Lipinski definition) is 0. The first-order valence-electron chi connectivity index (χ1n) is 4.72. The maximum atomic E-state index is 13.0. The van der Waals surface area contributed by atoms with Gasteiger partial charge in [-0.3, -0.25) is 0 Å². The minimum absolute atomic E-state index is 0.355. The second-order valence-electron chi connectivity index (χ2n) is 4.50. The summed E-state index contributed by atoms with van der Waals surface area (Å²) in [5.74, 6) is 0. The number of hydrogen-bond acceptors (Lipinski definition) is 2. The molecule has 1 unspecified atom stereocenters. The SMILES string of the molecule is CCC(C)(C)OOC(C)(C)C(C)F. The van der Waals surface area contributed by atoms with Gasteiger partial charge in [-0.15, -0.1) is 0 Å². The highest BCUT2D eigenvalue weighted by Crippen LogP contribution is 2.23. The van der Waals surface area contributed by atoms with E-state index in [1.807, 2.05) is 20.8 Å². The number of rotatable bonds is 5. The topological polar surface area (TPSA) is 18.5 Å². The highest BCUT2D eigenvalue weighted by molar-refractivity contribution is 4.74. The molecular formula is C10H21FO2. The zero-order valence-corrected chi connectivity index (χ0v) is 9.48. The second-order valence-corrected chi connectivity index (χ2v) is 4.50. The van der Waals surface area contributed by atoms with Crippen LogP contribution in [0.5, 0.6) is 0 Å². The standard InChI is InChI=1S/C10H21FO2/c1-7-9(3,4)12-13-10(5,6)8(2)11/h8H,7H2,1-6H3. The molecule has 0 radical (unpaired) electrons. The molecule has 0 aromatic heterocycles. The van der Waals surface area contributed by atoms with Crippen molar-refractivity contribution in [1.82, 2.24) is 0 Å². The molecule has 0 aromatic rings. The fraction of sp³-hybridized carbons (Fsp3) is 1.00. The van der Waals surface area contributed by atoms with Gasteiger partial charge in [0.15, 0.2) is 0 Å². The molecule has 0 heterocycles. The summed E-state index contributed by atoms with van der Waals surface area (Å²) >= 11 is 0. The van der Waals surface area contributed by atoms with Crippen molar-refractivity contribution in [3.8, 4) is 0 Å². The molecule has 0 saturated heterocycles. The summed E-state index contributed by atoms with van der Waals surface area (Å²) in [7, 11) is 0. The van der Waals surface area contributed by atoms with Gasteiger partial charge in [0.1, 0.15) is 11.8 Å². The average Bonchev–Trinajstić information content (AvgIpc) is 2.01. The monoisotopic (exact) mass is 192 g/mol. The van der Waals surface area contributed by atoms with Gasteiger partial charge >= 0.3 is 0 Å².